The van der Waals surface area contributed by atoms with Gasteiger partial charge < -0.3 is 15.5 Å². The summed E-state index contributed by atoms with van der Waals surface area (Å²) in [5.41, 5.74) is 7.84. The van der Waals surface area contributed by atoms with Gasteiger partial charge in [-0.3, -0.25) is 14.6 Å². The van der Waals surface area contributed by atoms with Gasteiger partial charge in [0.1, 0.15) is 0 Å². The van der Waals surface area contributed by atoms with Crippen molar-refractivity contribution in [3.8, 4) is 0 Å². The first-order valence-electron chi connectivity index (χ1n) is 7.44. The number of hydrogen-bond acceptors (Lipinski definition) is 5. The fraction of sp³-hybridized carbons (Fsp3) is 0.375. The molecule has 0 atom stereocenters. The molecule has 1 fully saturated rings. The fourth-order valence-corrected chi connectivity index (χ4v) is 2.30. The average Bonchev–Trinajstić information content (AvgIpc) is 2.87. The number of hydroxylamine groups is 2. The molecule has 8 heteroatoms. The third-order valence-corrected chi connectivity index (χ3v) is 3.79. The maximum absolute atomic E-state index is 12.1. The molecule has 0 spiro atoms. The first-order chi connectivity index (χ1) is 11.3. The minimum Gasteiger partial charge on any atom is -0.370 e. The third-order valence-electron chi connectivity index (χ3n) is 3.79. The minimum atomic E-state index is -0.740. The molecule has 2 rings (SSSR count). The second-order valence-corrected chi connectivity index (χ2v) is 5.54. The maximum atomic E-state index is 12.1. The molecule has 1 aromatic rings. The number of hydrogen-bond donors (Lipinski definition) is 1. The molecular formula is C16H20N4O4. The van der Waals surface area contributed by atoms with Gasteiger partial charge in [0.15, 0.2) is 5.96 Å². The summed E-state index contributed by atoms with van der Waals surface area (Å²) in [4.78, 5) is 45.7. The lowest BCUT2D eigenvalue weighted by Gasteiger charge is -2.19. The van der Waals surface area contributed by atoms with E-state index in [-0.39, 0.29) is 18.4 Å². The van der Waals surface area contributed by atoms with Crippen molar-refractivity contribution >= 4 is 23.7 Å². The molecule has 1 aliphatic rings. The largest absolute Gasteiger partial charge is 0.370 e. The Balaban J connectivity index is 2.10. The topological polar surface area (TPSA) is 105 Å². The maximum Gasteiger partial charge on any atom is 0.363 e. The van der Waals surface area contributed by atoms with Gasteiger partial charge in [-0.1, -0.05) is 6.07 Å². The SMILES string of the molecule is C/N=C(\N)N(C)Cc1ccc(C(=O)ON2C(=O)CCC2=O)cc1C. The zero-order valence-electron chi connectivity index (χ0n) is 13.9. The number of aliphatic imine (C=N–C) groups is 1. The van der Waals surface area contributed by atoms with Gasteiger partial charge >= 0.3 is 5.97 Å². The molecule has 2 N–H and O–H groups in total. The second kappa shape index (κ2) is 7.12. The molecule has 24 heavy (non-hydrogen) atoms. The normalized spacial score (nSPS) is 15.0. The van der Waals surface area contributed by atoms with Gasteiger partial charge in [0.2, 0.25) is 0 Å². The van der Waals surface area contributed by atoms with Crippen LogP contribution >= 0.6 is 0 Å². The number of guanidine groups is 1. The van der Waals surface area contributed by atoms with Crippen LogP contribution in [0.2, 0.25) is 0 Å². The highest BCUT2D eigenvalue weighted by Gasteiger charge is 2.33. The Morgan fingerprint density at radius 1 is 1.33 bits per heavy atom. The number of aryl methyl sites for hydroxylation is 1. The standard InChI is InChI=1S/C16H20N4O4/c1-10-8-11(4-5-12(10)9-19(3)16(17)18-2)15(23)24-20-13(21)6-7-14(20)22/h4-5,8H,6-7,9H2,1-3H3,(H2,17,18). The van der Waals surface area contributed by atoms with Crippen molar-refractivity contribution in [1.82, 2.24) is 9.96 Å². The fourth-order valence-electron chi connectivity index (χ4n) is 2.30. The van der Waals surface area contributed by atoms with Crippen LogP contribution in [0.4, 0.5) is 0 Å². The predicted molar refractivity (Wildman–Crippen MR) is 86.7 cm³/mol. The molecule has 0 bridgehead atoms. The van der Waals surface area contributed by atoms with Crippen LogP contribution < -0.4 is 5.73 Å². The molecule has 8 nitrogen and oxygen atoms in total. The summed E-state index contributed by atoms with van der Waals surface area (Å²) >= 11 is 0. The van der Waals surface area contributed by atoms with E-state index in [9.17, 15) is 14.4 Å². The van der Waals surface area contributed by atoms with Gasteiger partial charge in [-0.05, 0) is 30.2 Å². The molecule has 2 amide bonds. The number of carbonyl (C=O) groups is 3. The molecular weight excluding hydrogens is 312 g/mol. The van der Waals surface area contributed by atoms with Crippen LogP contribution in [-0.2, 0) is 21.0 Å². The molecule has 0 aliphatic carbocycles. The molecule has 1 saturated heterocycles. The number of nitrogens with two attached hydrogens (primary N) is 1. The van der Waals surface area contributed by atoms with Crippen molar-refractivity contribution in [2.24, 2.45) is 10.7 Å². The van der Waals surface area contributed by atoms with E-state index in [0.717, 1.165) is 11.1 Å². The molecule has 0 unspecified atom stereocenters. The van der Waals surface area contributed by atoms with E-state index in [4.69, 9.17) is 10.6 Å². The lowest BCUT2D eigenvalue weighted by molar-refractivity contribution is -0.172. The Hall–Kier alpha value is -2.90. The van der Waals surface area contributed by atoms with E-state index in [1.165, 1.54) is 0 Å². The highest BCUT2D eigenvalue weighted by Crippen LogP contribution is 2.17. The van der Waals surface area contributed by atoms with Gasteiger partial charge in [0.25, 0.3) is 11.8 Å². The number of nitrogens with zero attached hydrogens (tertiary/aromatic N) is 3. The van der Waals surface area contributed by atoms with E-state index in [0.29, 0.717) is 17.6 Å². The molecule has 1 heterocycles. The van der Waals surface area contributed by atoms with Crippen molar-refractivity contribution in [3.05, 3.63) is 34.9 Å². The van der Waals surface area contributed by atoms with Crippen LogP contribution in [0.5, 0.6) is 0 Å². The molecule has 1 aromatic carbocycles. The van der Waals surface area contributed by atoms with Crippen molar-refractivity contribution in [2.45, 2.75) is 26.3 Å². The van der Waals surface area contributed by atoms with E-state index in [1.807, 2.05) is 14.0 Å². The van der Waals surface area contributed by atoms with Crippen molar-refractivity contribution in [1.29, 1.82) is 0 Å². The van der Waals surface area contributed by atoms with Crippen LogP contribution in [0.25, 0.3) is 0 Å². The van der Waals surface area contributed by atoms with Crippen molar-refractivity contribution in [3.63, 3.8) is 0 Å². The van der Waals surface area contributed by atoms with Gasteiger partial charge in [-0.25, -0.2) is 4.79 Å². The quantitative estimate of drug-likeness (QED) is 0.491. The molecule has 0 aromatic heterocycles. The summed E-state index contributed by atoms with van der Waals surface area (Å²) in [5, 5.41) is 0.539. The highest BCUT2D eigenvalue weighted by atomic mass is 16.7. The molecule has 128 valence electrons. The number of imide groups is 1. The van der Waals surface area contributed by atoms with E-state index in [2.05, 4.69) is 4.99 Å². The van der Waals surface area contributed by atoms with Crippen LogP contribution in [0.15, 0.2) is 23.2 Å². The van der Waals surface area contributed by atoms with E-state index >= 15 is 0 Å². The zero-order chi connectivity index (χ0) is 17.9. The summed E-state index contributed by atoms with van der Waals surface area (Å²) < 4.78 is 0. The van der Waals surface area contributed by atoms with E-state index < -0.39 is 17.8 Å². The third kappa shape index (κ3) is 3.70. The Morgan fingerprint density at radius 3 is 2.50 bits per heavy atom. The smallest absolute Gasteiger partial charge is 0.363 e. The van der Waals surface area contributed by atoms with Crippen LogP contribution in [0.3, 0.4) is 0 Å². The van der Waals surface area contributed by atoms with Crippen LogP contribution in [-0.4, -0.2) is 47.8 Å². The Labute approximate surface area is 139 Å². The second-order valence-electron chi connectivity index (χ2n) is 5.54. The summed E-state index contributed by atoms with van der Waals surface area (Å²) in [7, 11) is 3.42. The summed E-state index contributed by atoms with van der Waals surface area (Å²) in [6, 6.07) is 5.01. The summed E-state index contributed by atoms with van der Waals surface area (Å²) in [5.74, 6) is -1.34. The van der Waals surface area contributed by atoms with Gasteiger partial charge in [0.05, 0.1) is 5.56 Å². The zero-order valence-corrected chi connectivity index (χ0v) is 13.9. The lowest BCUT2D eigenvalue weighted by atomic mass is 10.0. The molecule has 0 saturated carbocycles. The van der Waals surface area contributed by atoms with Gasteiger partial charge in [-0.15, -0.1) is 5.06 Å². The summed E-state index contributed by atoms with van der Waals surface area (Å²) in [6.45, 7) is 2.39. The van der Waals surface area contributed by atoms with Crippen molar-refractivity contribution < 1.29 is 19.2 Å². The van der Waals surface area contributed by atoms with Crippen molar-refractivity contribution in [2.75, 3.05) is 14.1 Å². The number of carbonyl (C=O) groups excluding carboxylic acids is 3. The number of rotatable bonds is 4. The Kier molecular flexibility index (Phi) is 5.18. The predicted octanol–water partition coefficient (Wildman–Crippen LogP) is 0.592. The first kappa shape index (κ1) is 17.5. The average molecular weight is 332 g/mol. The first-order valence-corrected chi connectivity index (χ1v) is 7.44. The van der Waals surface area contributed by atoms with Gasteiger partial charge in [0, 0.05) is 33.5 Å². The Bertz CT molecular complexity index is 698. The minimum absolute atomic E-state index is 0.0663. The Morgan fingerprint density at radius 2 is 1.96 bits per heavy atom. The number of amides is 2. The van der Waals surface area contributed by atoms with Crippen LogP contribution in [0.1, 0.15) is 34.3 Å². The number of benzene rings is 1. The van der Waals surface area contributed by atoms with E-state index in [1.54, 1.807) is 30.1 Å². The highest BCUT2D eigenvalue weighted by molar-refractivity contribution is 6.02. The molecule has 0 radical (unpaired) electrons. The lowest BCUT2D eigenvalue weighted by Crippen LogP contribution is -2.33. The molecule has 1 aliphatic heterocycles. The van der Waals surface area contributed by atoms with Gasteiger partial charge in [-0.2, -0.15) is 0 Å². The van der Waals surface area contributed by atoms with Crippen LogP contribution in [0, 0.1) is 6.92 Å². The monoisotopic (exact) mass is 332 g/mol. The summed E-state index contributed by atoms with van der Waals surface area (Å²) in [6.07, 6.45) is 0.133.